The number of hydrogen-bond acceptors (Lipinski definition) is 6. The summed E-state index contributed by atoms with van der Waals surface area (Å²) in [5, 5.41) is 6.16. The molecule has 0 spiro atoms. The van der Waals surface area contributed by atoms with Crippen LogP contribution in [-0.2, 0) is 16.1 Å². The molecule has 2 aromatic heterocycles. The number of carbonyl (C=O) groups excluding carboxylic acids is 2. The van der Waals surface area contributed by atoms with Crippen LogP contribution in [0.4, 0.5) is 5.13 Å². The quantitative estimate of drug-likeness (QED) is 0.687. The lowest BCUT2D eigenvalue weighted by Gasteiger charge is -2.12. The maximum absolute atomic E-state index is 12.2. The van der Waals surface area contributed by atoms with Crippen LogP contribution < -0.4 is 16.4 Å². The van der Waals surface area contributed by atoms with Crippen molar-refractivity contribution < 1.29 is 9.59 Å². The van der Waals surface area contributed by atoms with Crippen LogP contribution in [0.2, 0.25) is 0 Å². The Labute approximate surface area is 155 Å². The molecule has 1 atom stereocenters. The fourth-order valence-corrected chi connectivity index (χ4v) is 4.19. The standard InChI is InChI=1S/C17H24N4O2S2/c1-9(2)7-13(18)16(23)21-17-20-15(10(3)24-17)14-6-5-12(25-14)8-19-11(4)22/h5-6,9,13H,7-8,18H2,1-4H3,(H,19,22)(H,20,21,23)/t13-/m0/s1. The summed E-state index contributed by atoms with van der Waals surface area (Å²) in [6, 6.07) is 3.43. The van der Waals surface area contributed by atoms with Gasteiger partial charge in [0.1, 0.15) is 0 Å². The number of nitrogens with zero attached hydrogens (tertiary/aromatic N) is 1. The molecule has 2 aromatic rings. The van der Waals surface area contributed by atoms with E-state index in [2.05, 4.69) is 15.6 Å². The molecule has 0 aliphatic rings. The Balaban J connectivity index is 2.07. The Bertz CT molecular complexity index is 752. The predicted molar refractivity (Wildman–Crippen MR) is 104 cm³/mol. The highest BCUT2D eigenvalue weighted by Gasteiger charge is 2.18. The van der Waals surface area contributed by atoms with Gasteiger partial charge in [-0.25, -0.2) is 4.98 Å². The van der Waals surface area contributed by atoms with Gasteiger partial charge in [-0.1, -0.05) is 13.8 Å². The molecule has 25 heavy (non-hydrogen) atoms. The summed E-state index contributed by atoms with van der Waals surface area (Å²) in [7, 11) is 0. The summed E-state index contributed by atoms with van der Waals surface area (Å²) in [5.74, 6) is 0.108. The van der Waals surface area contributed by atoms with Crippen LogP contribution in [0.1, 0.15) is 36.9 Å². The Morgan fingerprint density at radius 3 is 2.64 bits per heavy atom. The molecular weight excluding hydrogens is 356 g/mol. The molecule has 0 unspecified atom stereocenters. The van der Waals surface area contributed by atoms with E-state index in [1.165, 1.54) is 18.3 Å². The van der Waals surface area contributed by atoms with Crippen molar-refractivity contribution in [2.24, 2.45) is 11.7 Å². The summed E-state index contributed by atoms with van der Waals surface area (Å²) in [6.07, 6.45) is 0.639. The molecule has 4 N–H and O–H groups in total. The Morgan fingerprint density at radius 1 is 1.28 bits per heavy atom. The Hall–Kier alpha value is -1.77. The summed E-state index contributed by atoms with van der Waals surface area (Å²) < 4.78 is 0. The molecule has 2 heterocycles. The minimum absolute atomic E-state index is 0.0532. The van der Waals surface area contributed by atoms with Crippen molar-refractivity contribution in [3.05, 3.63) is 21.9 Å². The first-order chi connectivity index (χ1) is 11.8. The molecule has 2 rings (SSSR count). The van der Waals surface area contributed by atoms with Crippen LogP contribution in [0.25, 0.3) is 10.6 Å². The van der Waals surface area contributed by atoms with Crippen molar-refractivity contribution in [2.45, 2.75) is 46.7 Å². The summed E-state index contributed by atoms with van der Waals surface area (Å²) >= 11 is 3.02. The molecular formula is C17H24N4O2S2. The number of aromatic nitrogens is 1. The van der Waals surface area contributed by atoms with Gasteiger partial charge in [-0.2, -0.15) is 0 Å². The van der Waals surface area contributed by atoms with Crippen molar-refractivity contribution >= 4 is 39.6 Å². The zero-order valence-corrected chi connectivity index (χ0v) is 16.5. The number of nitrogens with two attached hydrogens (primary N) is 1. The topological polar surface area (TPSA) is 97.1 Å². The second-order valence-electron chi connectivity index (χ2n) is 6.32. The third-order valence-corrected chi connectivity index (χ3v) is 5.47. The molecule has 0 saturated heterocycles. The van der Waals surface area contributed by atoms with Crippen LogP contribution in [0.15, 0.2) is 12.1 Å². The zero-order valence-electron chi connectivity index (χ0n) is 14.9. The highest BCUT2D eigenvalue weighted by atomic mass is 32.1. The van der Waals surface area contributed by atoms with E-state index in [4.69, 9.17) is 5.73 Å². The second-order valence-corrected chi connectivity index (χ2v) is 8.70. The molecule has 0 radical (unpaired) electrons. The van der Waals surface area contributed by atoms with Crippen molar-refractivity contribution in [3.8, 4) is 10.6 Å². The maximum atomic E-state index is 12.2. The lowest BCUT2D eigenvalue weighted by atomic mass is 10.0. The van der Waals surface area contributed by atoms with Gasteiger partial charge in [0.2, 0.25) is 11.8 Å². The monoisotopic (exact) mass is 380 g/mol. The number of thiophene rings is 1. The third-order valence-electron chi connectivity index (χ3n) is 3.50. The number of carbonyl (C=O) groups is 2. The summed E-state index contributed by atoms with van der Waals surface area (Å²) in [4.78, 5) is 30.8. The van der Waals surface area contributed by atoms with E-state index in [1.54, 1.807) is 11.3 Å². The molecule has 0 aliphatic heterocycles. The molecule has 0 aromatic carbocycles. The van der Waals surface area contributed by atoms with Gasteiger partial charge >= 0.3 is 0 Å². The van der Waals surface area contributed by atoms with Gasteiger partial charge in [-0.05, 0) is 31.4 Å². The van der Waals surface area contributed by atoms with Crippen LogP contribution >= 0.6 is 22.7 Å². The highest BCUT2D eigenvalue weighted by Crippen LogP contribution is 2.34. The molecule has 0 saturated carbocycles. The highest BCUT2D eigenvalue weighted by molar-refractivity contribution is 7.18. The number of anilines is 1. The number of amides is 2. The average molecular weight is 381 g/mol. The van der Waals surface area contributed by atoms with E-state index >= 15 is 0 Å². The van der Waals surface area contributed by atoms with E-state index in [0.717, 1.165) is 20.3 Å². The first kappa shape index (κ1) is 19.6. The van der Waals surface area contributed by atoms with E-state index in [1.807, 2.05) is 32.9 Å². The van der Waals surface area contributed by atoms with Crippen molar-refractivity contribution in [1.82, 2.24) is 10.3 Å². The number of aryl methyl sites for hydroxylation is 1. The van der Waals surface area contributed by atoms with Crippen molar-refractivity contribution in [1.29, 1.82) is 0 Å². The van der Waals surface area contributed by atoms with Crippen LogP contribution in [-0.4, -0.2) is 22.8 Å². The van der Waals surface area contributed by atoms with Gasteiger partial charge in [0.05, 0.1) is 23.2 Å². The lowest BCUT2D eigenvalue weighted by molar-refractivity contribution is -0.119. The predicted octanol–water partition coefficient (Wildman–Crippen LogP) is 3.13. The number of thiazole rings is 1. The minimum atomic E-state index is -0.529. The second kappa shape index (κ2) is 8.55. The van der Waals surface area contributed by atoms with Crippen LogP contribution in [0, 0.1) is 12.8 Å². The normalized spacial score (nSPS) is 12.2. The molecule has 0 aliphatic carbocycles. The van der Waals surface area contributed by atoms with E-state index in [0.29, 0.717) is 24.0 Å². The van der Waals surface area contributed by atoms with E-state index in [-0.39, 0.29) is 11.8 Å². The number of hydrogen-bond donors (Lipinski definition) is 3. The zero-order chi connectivity index (χ0) is 18.6. The fourth-order valence-electron chi connectivity index (χ4n) is 2.30. The van der Waals surface area contributed by atoms with E-state index in [9.17, 15) is 9.59 Å². The van der Waals surface area contributed by atoms with Gasteiger partial charge in [-0.15, -0.1) is 22.7 Å². The SMILES string of the molecule is CC(=O)NCc1ccc(-c2nc(NC(=O)[C@@H](N)CC(C)C)sc2C)s1. The smallest absolute Gasteiger partial charge is 0.243 e. The van der Waals surface area contributed by atoms with Gasteiger partial charge in [-0.3, -0.25) is 9.59 Å². The molecule has 2 amide bonds. The molecule has 0 fully saturated rings. The van der Waals surface area contributed by atoms with Gasteiger partial charge < -0.3 is 16.4 Å². The molecule has 6 nitrogen and oxygen atoms in total. The largest absolute Gasteiger partial charge is 0.351 e. The van der Waals surface area contributed by atoms with Gasteiger partial charge in [0.25, 0.3) is 0 Å². The number of rotatable bonds is 7. The summed E-state index contributed by atoms with van der Waals surface area (Å²) in [5.41, 5.74) is 6.77. The van der Waals surface area contributed by atoms with Crippen molar-refractivity contribution in [2.75, 3.05) is 5.32 Å². The Morgan fingerprint density at radius 2 is 2.00 bits per heavy atom. The van der Waals surface area contributed by atoms with Gasteiger partial charge in [0, 0.05) is 16.7 Å². The minimum Gasteiger partial charge on any atom is -0.351 e. The first-order valence-electron chi connectivity index (χ1n) is 8.13. The van der Waals surface area contributed by atoms with Gasteiger partial charge in [0.15, 0.2) is 5.13 Å². The number of nitrogens with one attached hydrogen (secondary N) is 2. The molecule has 0 bridgehead atoms. The molecule has 136 valence electrons. The lowest BCUT2D eigenvalue weighted by Crippen LogP contribution is -2.36. The van der Waals surface area contributed by atoms with Crippen LogP contribution in [0.5, 0.6) is 0 Å². The van der Waals surface area contributed by atoms with Crippen molar-refractivity contribution in [3.63, 3.8) is 0 Å². The molecule has 8 heteroatoms. The average Bonchev–Trinajstić information content (AvgIpc) is 3.10. The fraction of sp³-hybridized carbons (Fsp3) is 0.471. The first-order valence-corrected chi connectivity index (χ1v) is 9.77. The van der Waals surface area contributed by atoms with E-state index < -0.39 is 6.04 Å². The summed E-state index contributed by atoms with van der Waals surface area (Å²) in [6.45, 7) is 8.06. The van der Waals surface area contributed by atoms with Crippen LogP contribution in [0.3, 0.4) is 0 Å². The third kappa shape index (κ3) is 5.62. The Kier molecular flexibility index (Phi) is 6.69. The maximum Gasteiger partial charge on any atom is 0.243 e.